The van der Waals surface area contributed by atoms with Crippen LogP contribution in [-0.4, -0.2) is 12.1 Å². The molecule has 0 N–H and O–H groups in total. The molecular weight excluding hydrogens is 236 g/mol. The molecule has 1 fully saturated rings. The average molecular weight is 262 g/mol. The van der Waals surface area contributed by atoms with E-state index < -0.39 is 0 Å². The predicted octanol–water partition coefficient (Wildman–Crippen LogP) is 4.27. The molecular formula is C17H26O2. The van der Waals surface area contributed by atoms with E-state index in [1.165, 1.54) is 30.9 Å². The molecule has 2 nitrogen and oxygen atoms in total. The Balaban J connectivity index is 2.22. The van der Waals surface area contributed by atoms with E-state index in [-0.39, 0.29) is 12.1 Å². The molecule has 1 saturated carbocycles. The summed E-state index contributed by atoms with van der Waals surface area (Å²) in [5.41, 5.74) is 3.04. The molecule has 0 spiro atoms. The molecule has 0 aromatic rings. The molecule has 0 aromatic carbocycles. The van der Waals surface area contributed by atoms with E-state index in [0.29, 0.717) is 11.3 Å². The first-order chi connectivity index (χ1) is 8.82. The minimum Gasteiger partial charge on any atom is -0.458 e. The second kappa shape index (κ2) is 5.15. The summed E-state index contributed by atoms with van der Waals surface area (Å²) in [4.78, 5) is 11.2. The highest BCUT2D eigenvalue weighted by Gasteiger charge is 2.55. The van der Waals surface area contributed by atoms with Gasteiger partial charge in [-0.05, 0) is 49.5 Å². The average Bonchev–Trinajstić information content (AvgIpc) is 2.81. The fourth-order valence-corrected chi connectivity index (χ4v) is 3.38. The summed E-state index contributed by atoms with van der Waals surface area (Å²) in [6, 6.07) is 0. The van der Waals surface area contributed by atoms with Gasteiger partial charge in [0.25, 0.3) is 0 Å². The summed E-state index contributed by atoms with van der Waals surface area (Å²) in [7, 11) is 0. The number of carbonyl (C=O) groups is 1. The van der Waals surface area contributed by atoms with E-state index in [0.717, 1.165) is 12.3 Å². The minimum absolute atomic E-state index is 0.0809. The zero-order chi connectivity index (χ0) is 14.2. The van der Waals surface area contributed by atoms with Gasteiger partial charge in [0, 0.05) is 13.3 Å². The lowest BCUT2D eigenvalue weighted by molar-refractivity contribution is -0.144. The van der Waals surface area contributed by atoms with Gasteiger partial charge in [-0.25, -0.2) is 0 Å². The van der Waals surface area contributed by atoms with Crippen LogP contribution < -0.4 is 0 Å². The van der Waals surface area contributed by atoms with Crippen LogP contribution in [0.15, 0.2) is 23.3 Å². The van der Waals surface area contributed by atoms with Gasteiger partial charge in [0.15, 0.2) is 0 Å². The first kappa shape index (κ1) is 14.4. The summed E-state index contributed by atoms with van der Waals surface area (Å²) in [5.74, 6) is 1.24. The molecule has 0 saturated heterocycles. The van der Waals surface area contributed by atoms with Crippen molar-refractivity contribution in [1.29, 1.82) is 0 Å². The number of hydrogen-bond acceptors (Lipinski definition) is 2. The van der Waals surface area contributed by atoms with E-state index in [1.54, 1.807) is 0 Å². The maximum absolute atomic E-state index is 11.2. The molecule has 2 aliphatic carbocycles. The van der Waals surface area contributed by atoms with Crippen LogP contribution in [0.4, 0.5) is 0 Å². The summed E-state index contributed by atoms with van der Waals surface area (Å²) >= 11 is 0. The summed E-state index contributed by atoms with van der Waals surface area (Å²) in [6.45, 7) is 10.5. The third-order valence-electron chi connectivity index (χ3n) is 4.93. The zero-order valence-electron chi connectivity index (χ0n) is 12.8. The van der Waals surface area contributed by atoms with Crippen molar-refractivity contribution in [1.82, 2.24) is 0 Å². The van der Waals surface area contributed by atoms with Crippen molar-refractivity contribution in [2.45, 2.75) is 60.0 Å². The number of hydrogen-bond donors (Lipinski definition) is 0. The lowest BCUT2D eigenvalue weighted by atomic mass is 9.99. The van der Waals surface area contributed by atoms with Crippen molar-refractivity contribution >= 4 is 5.97 Å². The van der Waals surface area contributed by atoms with Crippen molar-refractivity contribution in [3.8, 4) is 0 Å². The van der Waals surface area contributed by atoms with E-state index >= 15 is 0 Å². The highest BCUT2D eigenvalue weighted by Crippen LogP contribution is 2.61. The highest BCUT2D eigenvalue weighted by atomic mass is 16.5. The number of rotatable bonds is 1. The molecule has 2 rings (SSSR count). The number of esters is 1. The topological polar surface area (TPSA) is 26.3 Å². The quantitative estimate of drug-likeness (QED) is 0.521. The Hall–Kier alpha value is -1.05. The molecule has 0 aromatic heterocycles. The van der Waals surface area contributed by atoms with E-state index in [1.807, 2.05) is 0 Å². The molecule has 2 aliphatic rings. The van der Waals surface area contributed by atoms with Crippen molar-refractivity contribution < 1.29 is 9.53 Å². The summed E-state index contributed by atoms with van der Waals surface area (Å²) < 4.78 is 5.47. The van der Waals surface area contributed by atoms with Crippen molar-refractivity contribution in [3.05, 3.63) is 23.3 Å². The molecule has 0 radical (unpaired) electrons. The molecule has 19 heavy (non-hydrogen) atoms. The molecule has 106 valence electrons. The van der Waals surface area contributed by atoms with Gasteiger partial charge in [-0.1, -0.05) is 31.6 Å². The van der Waals surface area contributed by atoms with Gasteiger partial charge < -0.3 is 4.74 Å². The first-order valence-electron chi connectivity index (χ1n) is 7.33. The van der Waals surface area contributed by atoms with Gasteiger partial charge in [-0.15, -0.1) is 0 Å². The number of ether oxygens (including phenoxy) is 1. The number of allylic oxidation sites excluding steroid dienone is 2. The lowest BCUT2D eigenvalue weighted by Gasteiger charge is -2.18. The Labute approximate surface area is 116 Å². The normalized spacial score (nSPS) is 39.1. The fourth-order valence-electron chi connectivity index (χ4n) is 3.38. The summed E-state index contributed by atoms with van der Waals surface area (Å²) in [6.07, 6.45) is 7.77. The van der Waals surface area contributed by atoms with Crippen LogP contribution in [0.2, 0.25) is 0 Å². The predicted molar refractivity (Wildman–Crippen MR) is 77.7 cm³/mol. The van der Waals surface area contributed by atoms with E-state index in [4.69, 9.17) is 4.74 Å². The third-order valence-corrected chi connectivity index (χ3v) is 4.93. The molecule has 0 unspecified atom stereocenters. The van der Waals surface area contributed by atoms with Crippen LogP contribution >= 0.6 is 0 Å². The first-order valence-corrected chi connectivity index (χ1v) is 7.33. The zero-order valence-corrected chi connectivity index (χ0v) is 12.8. The Morgan fingerprint density at radius 3 is 2.68 bits per heavy atom. The third kappa shape index (κ3) is 3.10. The largest absolute Gasteiger partial charge is 0.458 e. The van der Waals surface area contributed by atoms with Crippen molar-refractivity contribution in [2.24, 2.45) is 17.3 Å². The van der Waals surface area contributed by atoms with Crippen LogP contribution in [-0.2, 0) is 9.53 Å². The maximum atomic E-state index is 11.2. The van der Waals surface area contributed by atoms with Crippen LogP contribution in [0.1, 0.15) is 53.9 Å². The van der Waals surface area contributed by atoms with E-state index in [2.05, 4.69) is 39.8 Å². The second-order valence-electron chi connectivity index (χ2n) is 6.79. The van der Waals surface area contributed by atoms with Gasteiger partial charge in [0.1, 0.15) is 6.10 Å². The Kier molecular flexibility index (Phi) is 3.89. The second-order valence-corrected chi connectivity index (χ2v) is 6.79. The SMILES string of the molecule is CC(=O)O[C@@H]1C/C=C(\C)CC[C@@H]2[C@H](/C=C/1C)C2(C)C. The highest BCUT2D eigenvalue weighted by molar-refractivity contribution is 5.66. The number of fused-ring (bicyclic) bond motifs is 1. The minimum atomic E-state index is -0.188. The van der Waals surface area contributed by atoms with Gasteiger partial charge in [-0.2, -0.15) is 0 Å². The molecule has 0 bridgehead atoms. The molecule has 2 heteroatoms. The Morgan fingerprint density at radius 1 is 1.37 bits per heavy atom. The number of carbonyl (C=O) groups excluding carboxylic acids is 1. The lowest BCUT2D eigenvalue weighted by Crippen LogP contribution is -2.17. The Bertz CT molecular complexity index is 429. The van der Waals surface area contributed by atoms with Crippen LogP contribution in [0, 0.1) is 17.3 Å². The molecule has 0 heterocycles. The van der Waals surface area contributed by atoms with Crippen molar-refractivity contribution in [2.75, 3.05) is 0 Å². The van der Waals surface area contributed by atoms with E-state index in [9.17, 15) is 4.79 Å². The smallest absolute Gasteiger partial charge is 0.303 e. The van der Waals surface area contributed by atoms with Crippen molar-refractivity contribution in [3.63, 3.8) is 0 Å². The van der Waals surface area contributed by atoms with Crippen LogP contribution in [0.5, 0.6) is 0 Å². The molecule has 0 aliphatic heterocycles. The van der Waals surface area contributed by atoms with Gasteiger partial charge >= 0.3 is 5.97 Å². The summed E-state index contributed by atoms with van der Waals surface area (Å²) in [5, 5.41) is 0. The van der Waals surface area contributed by atoms with Gasteiger partial charge in [0.05, 0.1) is 0 Å². The Morgan fingerprint density at radius 2 is 2.05 bits per heavy atom. The molecule has 0 amide bonds. The molecule has 3 atom stereocenters. The maximum Gasteiger partial charge on any atom is 0.303 e. The van der Waals surface area contributed by atoms with Gasteiger partial charge in [-0.3, -0.25) is 4.79 Å². The fraction of sp³-hybridized carbons (Fsp3) is 0.706. The van der Waals surface area contributed by atoms with Crippen LogP contribution in [0.25, 0.3) is 0 Å². The van der Waals surface area contributed by atoms with Crippen LogP contribution in [0.3, 0.4) is 0 Å². The standard InChI is InChI=1S/C17H26O2/c1-11-6-8-14-15(17(14,4)5)10-12(2)16(9-7-11)19-13(3)18/h7,10,14-16H,6,8-9H2,1-5H3/b11-7+,12-10+/t14-,15+,16-/m1/s1. The monoisotopic (exact) mass is 262 g/mol. The van der Waals surface area contributed by atoms with Gasteiger partial charge in [0.2, 0.25) is 0 Å².